The third kappa shape index (κ3) is 3.29. The van der Waals surface area contributed by atoms with Crippen LogP contribution in [0.1, 0.15) is 42.4 Å². The molecular weight excluding hydrogens is 260 g/mol. The van der Waals surface area contributed by atoms with E-state index in [4.69, 9.17) is 0 Å². The van der Waals surface area contributed by atoms with Crippen molar-refractivity contribution in [3.63, 3.8) is 0 Å². The molecule has 21 heavy (non-hydrogen) atoms. The summed E-state index contributed by atoms with van der Waals surface area (Å²) in [6.07, 6.45) is 7.83. The summed E-state index contributed by atoms with van der Waals surface area (Å²) in [6, 6.07) is 7.06. The number of aryl methyl sites for hydroxylation is 2. The Hall–Kier alpha value is -1.35. The molecule has 114 valence electrons. The van der Waals surface area contributed by atoms with Crippen LogP contribution in [0.5, 0.6) is 0 Å². The summed E-state index contributed by atoms with van der Waals surface area (Å²) in [7, 11) is 1.96. The number of carbonyl (C=O) groups excluding carboxylic acids is 1. The van der Waals surface area contributed by atoms with E-state index in [1.165, 1.54) is 42.4 Å². The maximum absolute atomic E-state index is 12.6. The number of nitrogens with one attached hydrogen (secondary N) is 1. The number of hydrogen-bond acceptors (Lipinski definition) is 2. The number of nitrogens with zero attached hydrogens (tertiary/aromatic N) is 1. The minimum atomic E-state index is 0.295. The first-order valence-electron chi connectivity index (χ1n) is 8.32. The van der Waals surface area contributed by atoms with Crippen molar-refractivity contribution in [2.75, 3.05) is 20.1 Å². The molecule has 1 N–H and O–H groups in total. The standard InChI is InChI=1S/C18H26N2O/c1-19-13-17-7-4-10-20(17)18(21)12-14-8-9-15-5-2-3-6-16(15)11-14/h8-9,11,17,19H,2-7,10,12-13H2,1H3. The molecule has 1 aliphatic heterocycles. The fraction of sp³-hybridized carbons (Fsp3) is 0.611. The summed E-state index contributed by atoms with van der Waals surface area (Å²) in [5.41, 5.74) is 4.15. The highest BCUT2D eigenvalue weighted by Crippen LogP contribution is 2.23. The molecule has 1 aromatic rings. The lowest BCUT2D eigenvalue weighted by Gasteiger charge is -2.25. The second kappa shape index (κ2) is 6.61. The zero-order valence-corrected chi connectivity index (χ0v) is 13.0. The molecule has 3 heteroatoms. The number of amides is 1. The Morgan fingerprint density at radius 1 is 1.24 bits per heavy atom. The van der Waals surface area contributed by atoms with Crippen LogP contribution in [0.4, 0.5) is 0 Å². The third-order valence-corrected chi connectivity index (χ3v) is 4.91. The van der Waals surface area contributed by atoms with Crippen LogP contribution in [0, 0.1) is 0 Å². The molecule has 0 saturated carbocycles. The first kappa shape index (κ1) is 14.6. The summed E-state index contributed by atoms with van der Waals surface area (Å²) in [4.78, 5) is 14.6. The van der Waals surface area contributed by atoms with E-state index >= 15 is 0 Å². The summed E-state index contributed by atoms with van der Waals surface area (Å²) in [5, 5.41) is 3.21. The van der Waals surface area contributed by atoms with Gasteiger partial charge in [-0.1, -0.05) is 18.2 Å². The maximum atomic E-state index is 12.6. The molecule has 0 radical (unpaired) electrons. The Morgan fingerprint density at radius 2 is 2.05 bits per heavy atom. The van der Waals surface area contributed by atoms with E-state index in [1.54, 1.807) is 0 Å². The fourth-order valence-electron chi connectivity index (χ4n) is 3.78. The van der Waals surface area contributed by atoms with E-state index in [-0.39, 0.29) is 0 Å². The van der Waals surface area contributed by atoms with Gasteiger partial charge in [0.2, 0.25) is 5.91 Å². The first-order valence-corrected chi connectivity index (χ1v) is 8.32. The minimum Gasteiger partial charge on any atom is -0.338 e. The predicted molar refractivity (Wildman–Crippen MR) is 85.4 cm³/mol. The van der Waals surface area contributed by atoms with Crippen LogP contribution >= 0.6 is 0 Å². The molecule has 1 amide bonds. The molecule has 1 fully saturated rings. The lowest BCUT2D eigenvalue weighted by molar-refractivity contribution is -0.131. The number of fused-ring (bicyclic) bond motifs is 1. The first-order chi connectivity index (χ1) is 10.3. The largest absolute Gasteiger partial charge is 0.338 e. The lowest BCUT2D eigenvalue weighted by atomic mass is 9.90. The Kier molecular flexibility index (Phi) is 4.59. The summed E-state index contributed by atoms with van der Waals surface area (Å²) < 4.78 is 0. The topological polar surface area (TPSA) is 32.3 Å². The Bertz CT molecular complexity index is 512. The number of likely N-dealkylation sites (N-methyl/N-ethyl adjacent to an activating group) is 1. The molecule has 1 aliphatic carbocycles. The fourth-order valence-corrected chi connectivity index (χ4v) is 3.78. The van der Waals surface area contributed by atoms with E-state index in [9.17, 15) is 4.79 Å². The number of rotatable bonds is 4. The van der Waals surface area contributed by atoms with Crippen LogP contribution in [0.15, 0.2) is 18.2 Å². The van der Waals surface area contributed by atoms with Gasteiger partial charge in [-0.2, -0.15) is 0 Å². The van der Waals surface area contributed by atoms with Gasteiger partial charge in [-0.3, -0.25) is 4.79 Å². The van der Waals surface area contributed by atoms with Gasteiger partial charge in [0.15, 0.2) is 0 Å². The van der Waals surface area contributed by atoms with Gasteiger partial charge < -0.3 is 10.2 Å². The normalized spacial score (nSPS) is 21.4. The number of benzene rings is 1. The van der Waals surface area contributed by atoms with Crippen molar-refractivity contribution in [2.24, 2.45) is 0 Å². The van der Waals surface area contributed by atoms with Gasteiger partial charge in [0.25, 0.3) is 0 Å². The zero-order chi connectivity index (χ0) is 14.7. The average Bonchev–Trinajstić information content (AvgIpc) is 2.96. The molecule has 0 aromatic heterocycles. The van der Waals surface area contributed by atoms with Gasteiger partial charge in [-0.15, -0.1) is 0 Å². The molecule has 3 rings (SSSR count). The van der Waals surface area contributed by atoms with E-state index < -0.39 is 0 Å². The Labute approximate surface area is 127 Å². The molecule has 1 aromatic carbocycles. The summed E-state index contributed by atoms with van der Waals surface area (Å²) in [6.45, 7) is 1.84. The molecule has 2 aliphatic rings. The smallest absolute Gasteiger partial charge is 0.227 e. The molecular formula is C18H26N2O. The zero-order valence-electron chi connectivity index (χ0n) is 13.0. The van der Waals surface area contributed by atoms with Crippen molar-refractivity contribution in [3.8, 4) is 0 Å². The van der Waals surface area contributed by atoms with Gasteiger partial charge in [0, 0.05) is 19.1 Å². The molecule has 1 atom stereocenters. The third-order valence-electron chi connectivity index (χ3n) is 4.91. The van der Waals surface area contributed by atoms with Crippen LogP contribution in [-0.4, -0.2) is 37.0 Å². The quantitative estimate of drug-likeness (QED) is 0.921. The summed E-state index contributed by atoms with van der Waals surface area (Å²) in [5.74, 6) is 0.295. The van der Waals surface area contributed by atoms with Crippen LogP contribution in [0.25, 0.3) is 0 Å². The highest BCUT2D eigenvalue weighted by atomic mass is 16.2. The monoisotopic (exact) mass is 286 g/mol. The van der Waals surface area contributed by atoms with Gasteiger partial charge >= 0.3 is 0 Å². The van der Waals surface area contributed by atoms with Crippen molar-refractivity contribution in [1.82, 2.24) is 10.2 Å². The lowest BCUT2D eigenvalue weighted by Crippen LogP contribution is -2.41. The number of hydrogen-bond donors (Lipinski definition) is 1. The average molecular weight is 286 g/mol. The van der Waals surface area contributed by atoms with E-state index in [0.29, 0.717) is 18.4 Å². The predicted octanol–water partition coefficient (Wildman–Crippen LogP) is 2.32. The van der Waals surface area contributed by atoms with Crippen LogP contribution in [0.3, 0.4) is 0 Å². The molecule has 0 spiro atoms. The number of carbonyl (C=O) groups is 1. The van der Waals surface area contributed by atoms with E-state index in [0.717, 1.165) is 25.9 Å². The van der Waals surface area contributed by atoms with Gasteiger partial charge in [0.05, 0.1) is 6.42 Å². The van der Waals surface area contributed by atoms with E-state index in [1.807, 2.05) is 7.05 Å². The molecule has 1 unspecified atom stereocenters. The van der Waals surface area contributed by atoms with Crippen LogP contribution < -0.4 is 5.32 Å². The Balaban J connectivity index is 1.67. The highest BCUT2D eigenvalue weighted by Gasteiger charge is 2.27. The van der Waals surface area contributed by atoms with Crippen molar-refractivity contribution in [3.05, 3.63) is 34.9 Å². The van der Waals surface area contributed by atoms with Crippen molar-refractivity contribution in [2.45, 2.75) is 51.0 Å². The van der Waals surface area contributed by atoms with Crippen molar-refractivity contribution in [1.29, 1.82) is 0 Å². The maximum Gasteiger partial charge on any atom is 0.227 e. The van der Waals surface area contributed by atoms with Crippen molar-refractivity contribution >= 4 is 5.91 Å². The molecule has 0 bridgehead atoms. The minimum absolute atomic E-state index is 0.295. The number of likely N-dealkylation sites (tertiary alicyclic amines) is 1. The molecule has 1 heterocycles. The highest BCUT2D eigenvalue weighted by molar-refractivity contribution is 5.79. The van der Waals surface area contributed by atoms with E-state index in [2.05, 4.69) is 28.4 Å². The van der Waals surface area contributed by atoms with Gasteiger partial charge in [-0.05, 0) is 62.3 Å². The van der Waals surface area contributed by atoms with Gasteiger partial charge in [0.1, 0.15) is 0 Å². The van der Waals surface area contributed by atoms with Crippen LogP contribution in [0.2, 0.25) is 0 Å². The SMILES string of the molecule is CNCC1CCCN1C(=O)Cc1ccc2c(c1)CCCC2. The van der Waals surface area contributed by atoms with Crippen molar-refractivity contribution < 1.29 is 4.79 Å². The molecule has 3 nitrogen and oxygen atoms in total. The second-order valence-electron chi connectivity index (χ2n) is 6.43. The molecule has 1 saturated heterocycles. The van der Waals surface area contributed by atoms with Crippen LogP contribution in [-0.2, 0) is 24.1 Å². The second-order valence-corrected chi connectivity index (χ2v) is 6.43. The Morgan fingerprint density at radius 3 is 2.86 bits per heavy atom. The van der Waals surface area contributed by atoms with Gasteiger partial charge in [-0.25, -0.2) is 0 Å². The summed E-state index contributed by atoms with van der Waals surface area (Å²) >= 11 is 0.